The van der Waals surface area contributed by atoms with Crippen molar-refractivity contribution >= 4 is 33.2 Å². The van der Waals surface area contributed by atoms with Crippen LogP contribution in [0.2, 0.25) is 0 Å². The second-order valence-corrected chi connectivity index (χ2v) is 6.30. The number of fused-ring (bicyclic) bond motifs is 1. The highest BCUT2D eigenvalue weighted by Gasteiger charge is 2.32. The zero-order valence-electron chi connectivity index (χ0n) is 10.1. The quantitative estimate of drug-likeness (QED) is 0.509. The maximum absolute atomic E-state index is 12.8. The number of hydrogen-bond donors (Lipinski definition) is 0. The van der Waals surface area contributed by atoms with E-state index in [2.05, 4.69) is 0 Å². The van der Waals surface area contributed by atoms with Gasteiger partial charge in [0.25, 0.3) is 0 Å². The van der Waals surface area contributed by atoms with E-state index in [1.54, 1.807) is 12.1 Å². The van der Waals surface area contributed by atoms with Crippen LogP contribution in [0.15, 0.2) is 59.5 Å². The maximum Gasteiger partial charge on any atom is 0.446 e. The molecule has 0 atom stereocenters. The van der Waals surface area contributed by atoms with Gasteiger partial charge in [-0.1, -0.05) is 48.5 Å². The fourth-order valence-corrected chi connectivity index (χ4v) is 4.17. The normalized spacial score (nSPS) is 11.9. The third kappa shape index (κ3) is 2.69. The molecule has 0 radical (unpaired) electrons. The highest BCUT2D eigenvalue weighted by atomic mass is 32.2. The largest absolute Gasteiger partial charge is 0.446 e. The molecule has 0 spiro atoms. The van der Waals surface area contributed by atoms with E-state index in [0.717, 1.165) is 10.3 Å². The van der Waals surface area contributed by atoms with E-state index in [1.165, 1.54) is 11.3 Å². The monoisotopic (exact) mass is 310 g/mol. The van der Waals surface area contributed by atoms with Crippen molar-refractivity contribution in [2.45, 2.75) is 10.4 Å². The van der Waals surface area contributed by atoms with Crippen molar-refractivity contribution < 1.29 is 13.2 Å². The van der Waals surface area contributed by atoms with E-state index < -0.39 is 5.51 Å². The average molecular weight is 310 g/mol. The summed E-state index contributed by atoms with van der Waals surface area (Å²) in [5.41, 5.74) is -3.46. The molecule has 5 heteroatoms. The third-order valence-electron chi connectivity index (χ3n) is 2.80. The molecule has 0 amide bonds. The molecule has 0 aliphatic carbocycles. The average Bonchev–Trinajstić information content (AvgIpc) is 2.77. The minimum Gasteiger partial charge on any atom is -0.160 e. The summed E-state index contributed by atoms with van der Waals surface area (Å²) in [5, 5.41) is 0.665. The number of thiophene rings is 1. The van der Waals surface area contributed by atoms with Crippen molar-refractivity contribution in [1.29, 1.82) is 0 Å². The minimum atomic E-state index is -4.28. The predicted molar refractivity (Wildman–Crippen MR) is 79.2 cm³/mol. The Labute approximate surface area is 122 Å². The summed E-state index contributed by atoms with van der Waals surface area (Å²) in [6.07, 6.45) is 0. The van der Waals surface area contributed by atoms with Gasteiger partial charge in [-0.3, -0.25) is 0 Å². The Hall–Kier alpha value is -1.46. The molecule has 3 rings (SSSR count). The number of halogens is 3. The summed E-state index contributed by atoms with van der Waals surface area (Å²) in [7, 11) is 0. The lowest BCUT2D eigenvalue weighted by Crippen LogP contribution is -1.99. The smallest absolute Gasteiger partial charge is 0.160 e. The Morgan fingerprint density at radius 2 is 1.50 bits per heavy atom. The molecule has 0 nitrogen and oxygen atoms in total. The van der Waals surface area contributed by atoms with Gasteiger partial charge < -0.3 is 0 Å². The van der Waals surface area contributed by atoms with Crippen molar-refractivity contribution in [3.8, 4) is 10.4 Å². The highest BCUT2D eigenvalue weighted by Crippen LogP contribution is 2.49. The van der Waals surface area contributed by atoms with E-state index in [4.69, 9.17) is 0 Å². The molecule has 2 aromatic carbocycles. The summed E-state index contributed by atoms with van der Waals surface area (Å²) in [5.74, 6) is 0. The van der Waals surface area contributed by atoms with Crippen LogP contribution in [0.5, 0.6) is 0 Å². The Morgan fingerprint density at radius 3 is 2.20 bits per heavy atom. The van der Waals surface area contributed by atoms with Crippen LogP contribution in [0.25, 0.3) is 20.5 Å². The van der Waals surface area contributed by atoms with Gasteiger partial charge in [0.2, 0.25) is 0 Å². The minimum absolute atomic E-state index is 0.0312. The molecule has 0 aliphatic heterocycles. The van der Waals surface area contributed by atoms with Crippen molar-refractivity contribution in [3.63, 3.8) is 0 Å². The molecule has 0 bridgehead atoms. The van der Waals surface area contributed by atoms with Crippen LogP contribution in [0.1, 0.15) is 0 Å². The number of hydrogen-bond acceptors (Lipinski definition) is 2. The summed E-state index contributed by atoms with van der Waals surface area (Å²) in [6, 6.07) is 16.4. The van der Waals surface area contributed by atoms with Crippen LogP contribution >= 0.6 is 23.1 Å². The lowest BCUT2D eigenvalue weighted by Gasteiger charge is -2.07. The third-order valence-corrected chi connectivity index (χ3v) is 5.01. The van der Waals surface area contributed by atoms with Gasteiger partial charge in [-0.15, -0.1) is 11.3 Å². The van der Waals surface area contributed by atoms with Gasteiger partial charge in [-0.05, 0) is 23.4 Å². The van der Waals surface area contributed by atoms with Gasteiger partial charge >= 0.3 is 5.51 Å². The zero-order valence-corrected chi connectivity index (χ0v) is 11.8. The van der Waals surface area contributed by atoms with Crippen LogP contribution in [-0.2, 0) is 0 Å². The van der Waals surface area contributed by atoms with Gasteiger partial charge in [-0.2, -0.15) is 13.2 Å². The molecule has 0 saturated heterocycles. The first kappa shape index (κ1) is 13.5. The molecule has 102 valence electrons. The highest BCUT2D eigenvalue weighted by molar-refractivity contribution is 8.00. The molecule has 3 aromatic rings. The van der Waals surface area contributed by atoms with Gasteiger partial charge in [0.15, 0.2) is 0 Å². The number of rotatable bonds is 2. The van der Waals surface area contributed by atoms with E-state index in [0.29, 0.717) is 15.2 Å². The first-order chi connectivity index (χ1) is 9.54. The van der Waals surface area contributed by atoms with E-state index in [1.807, 2.05) is 42.5 Å². The van der Waals surface area contributed by atoms with Crippen molar-refractivity contribution in [2.24, 2.45) is 0 Å². The molecular weight excluding hydrogens is 301 g/mol. The van der Waals surface area contributed by atoms with Gasteiger partial charge in [0, 0.05) is 19.9 Å². The number of benzene rings is 2. The Bertz CT molecular complexity index is 730. The topological polar surface area (TPSA) is 0 Å². The second-order valence-electron chi connectivity index (χ2n) is 4.17. The molecule has 0 aliphatic rings. The van der Waals surface area contributed by atoms with Gasteiger partial charge in [-0.25, -0.2) is 0 Å². The predicted octanol–water partition coefficient (Wildman–Crippen LogP) is 6.18. The maximum atomic E-state index is 12.8. The molecule has 20 heavy (non-hydrogen) atoms. The lowest BCUT2D eigenvalue weighted by molar-refractivity contribution is -0.0327. The molecule has 0 fully saturated rings. The summed E-state index contributed by atoms with van der Waals surface area (Å²) < 4.78 is 39.3. The van der Waals surface area contributed by atoms with Crippen molar-refractivity contribution in [3.05, 3.63) is 54.6 Å². The Morgan fingerprint density at radius 1 is 0.850 bits per heavy atom. The van der Waals surface area contributed by atoms with Gasteiger partial charge in [0.05, 0.1) is 0 Å². The van der Waals surface area contributed by atoms with E-state index in [-0.39, 0.29) is 11.8 Å². The Kier molecular flexibility index (Phi) is 3.48. The number of thioether (sulfide) groups is 1. The number of alkyl halides is 3. The van der Waals surface area contributed by atoms with Crippen molar-refractivity contribution in [2.75, 3.05) is 0 Å². The molecular formula is C15H9F3S2. The summed E-state index contributed by atoms with van der Waals surface area (Å²) in [4.78, 5) is 0.971. The van der Waals surface area contributed by atoms with Crippen LogP contribution in [0.4, 0.5) is 13.2 Å². The lowest BCUT2D eigenvalue weighted by atomic mass is 10.1. The molecule has 0 saturated carbocycles. The Balaban J connectivity index is 2.23. The molecule has 1 aromatic heterocycles. The second kappa shape index (κ2) is 5.14. The fourth-order valence-electron chi connectivity index (χ4n) is 2.02. The SMILES string of the molecule is FC(F)(F)Sc1c(-c2ccccc2)sc2ccccc12. The first-order valence-corrected chi connectivity index (χ1v) is 7.50. The van der Waals surface area contributed by atoms with Crippen LogP contribution in [0, 0.1) is 0 Å². The molecule has 1 heterocycles. The summed E-state index contributed by atoms with van der Waals surface area (Å²) >= 11 is 1.37. The van der Waals surface area contributed by atoms with Crippen LogP contribution in [0.3, 0.4) is 0 Å². The van der Waals surface area contributed by atoms with Crippen LogP contribution < -0.4 is 0 Å². The standard InChI is InChI=1S/C15H9F3S2/c16-15(17,18)20-14-11-8-4-5-9-12(11)19-13(14)10-6-2-1-3-7-10/h1-9H. The van der Waals surface area contributed by atoms with Crippen molar-refractivity contribution in [1.82, 2.24) is 0 Å². The van der Waals surface area contributed by atoms with Gasteiger partial charge in [0.1, 0.15) is 0 Å². The fraction of sp³-hybridized carbons (Fsp3) is 0.0667. The summed E-state index contributed by atoms with van der Waals surface area (Å²) in [6.45, 7) is 0. The first-order valence-electron chi connectivity index (χ1n) is 5.87. The van der Waals surface area contributed by atoms with E-state index in [9.17, 15) is 13.2 Å². The van der Waals surface area contributed by atoms with E-state index >= 15 is 0 Å². The molecule has 0 unspecified atom stereocenters. The van der Waals surface area contributed by atoms with Crippen LogP contribution in [-0.4, -0.2) is 5.51 Å². The zero-order chi connectivity index (χ0) is 14.2. The molecule has 0 N–H and O–H groups in total.